The molecule has 0 heterocycles. The lowest BCUT2D eigenvalue weighted by molar-refractivity contribution is -0.126. The lowest BCUT2D eigenvalue weighted by Gasteiger charge is -2.12. The van der Waals surface area contributed by atoms with Crippen molar-refractivity contribution in [2.45, 2.75) is 46.1 Å². The Labute approximate surface area is 155 Å². The minimum Gasteiger partial charge on any atom is -0.369 e. The molecule has 0 aromatic heterocycles. The second-order valence-corrected chi connectivity index (χ2v) is 8.56. The van der Waals surface area contributed by atoms with Gasteiger partial charge in [0.2, 0.25) is 5.91 Å². The van der Waals surface area contributed by atoms with Crippen LogP contribution in [0.2, 0.25) is 0 Å². The lowest BCUT2D eigenvalue weighted by Crippen LogP contribution is -2.28. The van der Waals surface area contributed by atoms with E-state index in [1.165, 1.54) is 0 Å². The van der Waals surface area contributed by atoms with Crippen molar-refractivity contribution < 1.29 is 14.3 Å². The Hall–Kier alpha value is -0.390. The van der Waals surface area contributed by atoms with Crippen LogP contribution in [0.5, 0.6) is 0 Å². The standard InChI is InChI=1S/C17H32N2O3S2/c1-14(2)7-6-8-19-17(20)13-21-10-11-22-16(5)24-23-12-9-18-15(3)4/h14-16,18H,8-13H2,1-5H3,(H,19,20). The number of hydrogen-bond acceptors (Lipinski definition) is 6. The van der Waals surface area contributed by atoms with Crippen molar-refractivity contribution in [3.8, 4) is 11.8 Å². The number of nitrogens with one attached hydrogen (secondary N) is 2. The zero-order valence-corrected chi connectivity index (χ0v) is 17.1. The number of ether oxygens (including phenoxy) is 2. The van der Waals surface area contributed by atoms with E-state index >= 15 is 0 Å². The van der Waals surface area contributed by atoms with Crippen LogP contribution in [0.4, 0.5) is 0 Å². The molecule has 0 saturated heterocycles. The molecule has 0 saturated carbocycles. The highest BCUT2D eigenvalue weighted by atomic mass is 33.1. The van der Waals surface area contributed by atoms with Crippen LogP contribution in [0, 0.1) is 17.8 Å². The van der Waals surface area contributed by atoms with Crippen molar-refractivity contribution in [2.75, 3.05) is 38.7 Å². The maximum atomic E-state index is 11.5. The Morgan fingerprint density at radius 2 is 1.92 bits per heavy atom. The molecular formula is C17H32N2O3S2. The molecule has 1 unspecified atom stereocenters. The molecule has 0 aliphatic carbocycles. The number of carbonyl (C=O) groups excluding carboxylic acids is 1. The van der Waals surface area contributed by atoms with Gasteiger partial charge in [-0.2, -0.15) is 0 Å². The summed E-state index contributed by atoms with van der Waals surface area (Å²) in [4.78, 5) is 11.5. The fourth-order valence-corrected chi connectivity index (χ4v) is 3.37. The van der Waals surface area contributed by atoms with Gasteiger partial charge in [0.25, 0.3) is 0 Å². The van der Waals surface area contributed by atoms with Gasteiger partial charge >= 0.3 is 0 Å². The molecule has 140 valence electrons. The van der Waals surface area contributed by atoms with Crippen LogP contribution in [0.1, 0.15) is 34.6 Å². The predicted octanol–water partition coefficient (Wildman–Crippen LogP) is 2.52. The highest BCUT2D eigenvalue weighted by Gasteiger charge is 2.04. The van der Waals surface area contributed by atoms with E-state index in [2.05, 4.69) is 36.3 Å². The fraction of sp³-hybridized carbons (Fsp3) is 0.824. The maximum absolute atomic E-state index is 11.5. The van der Waals surface area contributed by atoms with Gasteiger partial charge in [-0.3, -0.25) is 4.79 Å². The first-order valence-electron chi connectivity index (χ1n) is 8.38. The average Bonchev–Trinajstić information content (AvgIpc) is 2.50. The Morgan fingerprint density at radius 3 is 2.58 bits per heavy atom. The molecule has 24 heavy (non-hydrogen) atoms. The van der Waals surface area contributed by atoms with Crippen LogP contribution in [-0.4, -0.2) is 56.0 Å². The summed E-state index contributed by atoms with van der Waals surface area (Å²) in [5.41, 5.74) is 0.109. The van der Waals surface area contributed by atoms with Crippen LogP contribution >= 0.6 is 21.6 Å². The average molecular weight is 377 g/mol. The molecule has 0 aliphatic rings. The van der Waals surface area contributed by atoms with Gasteiger partial charge in [-0.1, -0.05) is 61.1 Å². The summed E-state index contributed by atoms with van der Waals surface area (Å²) in [7, 11) is 3.51. The Morgan fingerprint density at radius 1 is 1.17 bits per heavy atom. The third-order valence-electron chi connectivity index (χ3n) is 2.52. The van der Waals surface area contributed by atoms with E-state index in [1.807, 2.05) is 20.8 Å². The van der Waals surface area contributed by atoms with Gasteiger partial charge in [-0.25, -0.2) is 0 Å². The van der Waals surface area contributed by atoms with Gasteiger partial charge in [0.15, 0.2) is 0 Å². The molecule has 1 amide bonds. The molecule has 0 bridgehead atoms. The van der Waals surface area contributed by atoms with Gasteiger partial charge in [0.05, 0.1) is 19.8 Å². The SMILES string of the molecule is CC(C)C#CCNC(=O)COCCOC(C)SSCCNC(C)C. The molecule has 7 heteroatoms. The molecule has 2 N–H and O–H groups in total. The first kappa shape index (κ1) is 23.6. The molecule has 0 spiro atoms. The summed E-state index contributed by atoms with van der Waals surface area (Å²) in [6.07, 6.45) is 0. The van der Waals surface area contributed by atoms with Gasteiger partial charge in [-0.05, 0) is 6.92 Å². The van der Waals surface area contributed by atoms with Gasteiger partial charge in [0, 0.05) is 24.3 Å². The van der Waals surface area contributed by atoms with Crippen LogP contribution in [0.15, 0.2) is 0 Å². The van der Waals surface area contributed by atoms with E-state index in [9.17, 15) is 4.79 Å². The molecule has 0 rings (SSSR count). The van der Waals surface area contributed by atoms with Crippen LogP contribution in [-0.2, 0) is 14.3 Å². The Kier molecular flexibility index (Phi) is 15.8. The zero-order valence-electron chi connectivity index (χ0n) is 15.5. The van der Waals surface area contributed by atoms with Crippen LogP contribution in [0.25, 0.3) is 0 Å². The zero-order chi connectivity index (χ0) is 18.2. The molecule has 0 aromatic rings. The van der Waals surface area contributed by atoms with Crippen molar-refractivity contribution in [1.29, 1.82) is 0 Å². The molecule has 0 radical (unpaired) electrons. The fourth-order valence-electron chi connectivity index (χ4n) is 1.45. The van der Waals surface area contributed by atoms with E-state index in [1.54, 1.807) is 21.6 Å². The van der Waals surface area contributed by atoms with Crippen molar-refractivity contribution in [3.63, 3.8) is 0 Å². The van der Waals surface area contributed by atoms with E-state index < -0.39 is 0 Å². The summed E-state index contributed by atoms with van der Waals surface area (Å²) in [5.74, 6) is 7.10. The highest BCUT2D eigenvalue weighted by Crippen LogP contribution is 2.26. The van der Waals surface area contributed by atoms with Gasteiger partial charge < -0.3 is 20.1 Å². The highest BCUT2D eigenvalue weighted by molar-refractivity contribution is 8.76. The van der Waals surface area contributed by atoms with Crippen molar-refractivity contribution in [1.82, 2.24) is 10.6 Å². The number of rotatable bonds is 13. The van der Waals surface area contributed by atoms with E-state index in [-0.39, 0.29) is 18.0 Å². The third-order valence-corrected chi connectivity index (χ3v) is 5.15. The van der Waals surface area contributed by atoms with Crippen molar-refractivity contribution >= 4 is 27.5 Å². The predicted molar refractivity (Wildman–Crippen MR) is 105 cm³/mol. The number of hydrogen-bond donors (Lipinski definition) is 2. The summed E-state index contributed by atoms with van der Waals surface area (Å²) >= 11 is 0. The number of carbonyl (C=O) groups is 1. The second kappa shape index (κ2) is 16.1. The lowest BCUT2D eigenvalue weighted by atomic mass is 10.2. The summed E-state index contributed by atoms with van der Waals surface area (Å²) in [6.45, 7) is 12.6. The van der Waals surface area contributed by atoms with Crippen LogP contribution < -0.4 is 10.6 Å². The van der Waals surface area contributed by atoms with Gasteiger partial charge in [0.1, 0.15) is 12.0 Å². The smallest absolute Gasteiger partial charge is 0.246 e. The molecule has 0 fully saturated rings. The van der Waals surface area contributed by atoms with E-state index in [0.717, 1.165) is 12.3 Å². The maximum Gasteiger partial charge on any atom is 0.246 e. The molecule has 0 aliphatic heterocycles. The van der Waals surface area contributed by atoms with Gasteiger partial charge in [-0.15, -0.1) is 0 Å². The summed E-state index contributed by atoms with van der Waals surface area (Å²) < 4.78 is 10.9. The Bertz CT molecular complexity index is 382. The second-order valence-electron chi connectivity index (χ2n) is 5.77. The van der Waals surface area contributed by atoms with Crippen molar-refractivity contribution in [2.24, 2.45) is 5.92 Å². The molecule has 1 atom stereocenters. The third kappa shape index (κ3) is 18.0. The Balaban J connectivity index is 3.42. The first-order valence-corrected chi connectivity index (χ1v) is 10.8. The van der Waals surface area contributed by atoms with Crippen LogP contribution in [0.3, 0.4) is 0 Å². The van der Waals surface area contributed by atoms with E-state index in [4.69, 9.17) is 9.47 Å². The topological polar surface area (TPSA) is 59.6 Å². The molecule has 5 nitrogen and oxygen atoms in total. The largest absolute Gasteiger partial charge is 0.369 e. The summed E-state index contributed by atoms with van der Waals surface area (Å²) in [6, 6.07) is 0.529. The minimum atomic E-state index is -0.149. The van der Waals surface area contributed by atoms with E-state index in [0.29, 0.717) is 31.7 Å². The normalized spacial score (nSPS) is 12.1. The van der Waals surface area contributed by atoms with Crippen molar-refractivity contribution in [3.05, 3.63) is 0 Å². The molecule has 0 aromatic carbocycles. The number of amides is 1. The quantitative estimate of drug-likeness (QED) is 0.223. The summed E-state index contributed by atoms with van der Waals surface area (Å²) in [5, 5.41) is 6.07. The first-order chi connectivity index (χ1) is 11.4. The monoisotopic (exact) mass is 376 g/mol. The minimum absolute atomic E-state index is 0.0455. The molecular weight excluding hydrogens is 344 g/mol.